The molecule has 4 heteroatoms. The standard InChI is InChI=1S/C7H7ClN2O/c8-6-2-1-5(4-10-9)7(11)3-6/h1-4,11H,9H2. The number of aromatic hydroxyl groups is 1. The van der Waals surface area contributed by atoms with Crippen LogP contribution in [0.5, 0.6) is 5.75 Å². The second-order valence-corrected chi connectivity index (χ2v) is 2.42. The topological polar surface area (TPSA) is 58.6 Å². The van der Waals surface area contributed by atoms with Crippen LogP contribution in [0.4, 0.5) is 0 Å². The Kier molecular flexibility index (Phi) is 2.33. The van der Waals surface area contributed by atoms with Gasteiger partial charge in [-0.15, -0.1) is 0 Å². The molecule has 0 aliphatic rings. The van der Waals surface area contributed by atoms with E-state index in [0.29, 0.717) is 10.6 Å². The van der Waals surface area contributed by atoms with E-state index in [1.54, 1.807) is 12.1 Å². The van der Waals surface area contributed by atoms with Gasteiger partial charge in [-0.05, 0) is 18.2 Å². The van der Waals surface area contributed by atoms with Crippen LogP contribution in [-0.2, 0) is 0 Å². The average Bonchev–Trinajstić information content (AvgIpc) is 1.95. The zero-order valence-electron chi connectivity index (χ0n) is 5.66. The average molecular weight is 171 g/mol. The summed E-state index contributed by atoms with van der Waals surface area (Å²) in [4.78, 5) is 0. The lowest BCUT2D eigenvalue weighted by Crippen LogP contribution is -1.86. The van der Waals surface area contributed by atoms with E-state index in [2.05, 4.69) is 5.10 Å². The lowest BCUT2D eigenvalue weighted by molar-refractivity contribution is 0.474. The van der Waals surface area contributed by atoms with Gasteiger partial charge in [0.05, 0.1) is 6.21 Å². The molecule has 3 N–H and O–H groups in total. The molecule has 1 aromatic carbocycles. The summed E-state index contributed by atoms with van der Waals surface area (Å²) in [7, 11) is 0. The fourth-order valence-corrected chi connectivity index (χ4v) is 0.873. The van der Waals surface area contributed by atoms with Crippen LogP contribution in [0.15, 0.2) is 23.3 Å². The minimum atomic E-state index is 0.0756. The molecule has 1 aromatic rings. The van der Waals surface area contributed by atoms with E-state index in [9.17, 15) is 5.11 Å². The van der Waals surface area contributed by atoms with Gasteiger partial charge >= 0.3 is 0 Å². The SMILES string of the molecule is NN=Cc1ccc(Cl)cc1O. The van der Waals surface area contributed by atoms with Gasteiger partial charge in [-0.2, -0.15) is 5.10 Å². The van der Waals surface area contributed by atoms with E-state index >= 15 is 0 Å². The molecule has 0 spiro atoms. The molecule has 0 aromatic heterocycles. The van der Waals surface area contributed by atoms with Crippen molar-refractivity contribution >= 4 is 17.8 Å². The summed E-state index contributed by atoms with van der Waals surface area (Å²) in [5.41, 5.74) is 0.553. The van der Waals surface area contributed by atoms with Crippen molar-refractivity contribution in [1.29, 1.82) is 0 Å². The first-order valence-corrected chi connectivity index (χ1v) is 3.33. The van der Waals surface area contributed by atoms with Crippen molar-refractivity contribution < 1.29 is 5.11 Å². The first-order valence-electron chi connectivity index (χ1n) is 2.96. The third kappa shape index (κ3) is 1.85. The number of nitrogens with zero attached hydrogens (tertiary/aromatic N) is 1. The summed E-state index contributed by atoms with van der Waals surface area (Å²) < 4.78 is 0. The first-order chi connectivity index (χ1) is 5.24. The molecular weight excluding hydrogens is 164 g/mol. The highest BCUT2D eigenvalue weighted by Gasteiger charge is 1.97. The summed E-state index contributed by atoms with van der Waals surface area (Å²) in [5.74, 6) is 4.97. The van der Waals surface area contributed by atoms with Crippen LogP contribution in [0.2, 0.25) is 5.02 Å². The van der Waals surface area contributed by atoms with Gasteiger partial charge in [0.2, 0.25) is 0 Å². The monoisotopic (exact) mass is 170 g/mol. The smallest absolute Gasteiger partial charge is 0.125 e. The van der Waals surface area contributed by atoms with Crippen LogP contribution in [0.3, 0.4) is 0 Å². The Labute approximate surface area is 69.1 Å². The predicted octanol–water partition coefficient (Wildman–Crippen LogP) is 1.34. The number of phenolic OH excluding ortho intramolecular Hbond substituents is 1. The lowest BCUT2D eigenvalue weighted by Gasteiger charge is -1.96. The van der Waals surface area contributed by atoms with E-state index in [1.807, 2.05) is 0 Å². The van der Waals surface area contributed by atoms with E-state index in [1.165, 1.54) is 12.3 Å². The Balaban J connectivity index is 3.09. The molecule has 0 radical (unpaired) electrons. The normalized spacial score (nSPS) is 10.6. The minimum absolute atomic E-state index is 0.0756. The van der Waals surface area contributed by atoms with Gasteiger partial charge < -0.3 is 10.9 Å². The summed E-state index contributed by atoms with van der Waals surface area (Å²) in [6.07, 6.45) is 1.35. The maximum Gasteiger partial charge on any atom is 0.125 e. The number of hydrazone groups is 1. The van der Waals surface area contributed by atoms with Crippen molar-refractivity contribution in [2.75, 3.05) is 0 Å². The highest BCUT2D eigenvalue weighted by molar-refractivity contribution is 6.30. The highest BCUT2D eigenvalue weighted by Crippen LogP contribution is 2.19. The molecule has 0 saturated carbocycles. The van der Waals surface area contributed by atoms with E-state index < -0.39 is 0 Å². The van der Waals surface area contributed by atoms with Crippen molar-refractivity contribution in [1.82, 2.24) is 0 Å². The Hall–Kier alpha value is -1.22. The number of hydrogen-bond acceptors (Lipinski definition) is 3. The fraction of sp³-hybridized carbons (Fsp3) is 0. The molecule has 0 aliphatic carbocycles. The largest absolute Gasteiger partial charge is 0.507 e. The maximum atomic E-state index is 9.19. The molecule has 0 atom stereocenters. The molecule has 0 aliphatic heterocycles. The van der Waals surface area contributed by atoms with Gasteiger partial charge in [-0.1, -0.05) is 11.6 Å². The molecular formula is C7H7ClN2O. The second kappa shape index (κ2) is 3.25. The second-order valence-electron chi connectivity index (χ2n) is 1.98. The van der Waals surface area contributed by atoms with E-state index in [4.69, 9.17) is 17.4 Å². The van der Waals surface area contributed by atoms with Crippen molar-refractivity contribution in [2.45, 2.75) is 0 Å². The number of benzene rings is 1. The van der Waals surface area contributed by atoms with Gasteiger partial charge in [0.15, 0.2) is 0 Å². The molecule has 1 rings (SSSR count). The zero-order chi connectivity index (χ0) is 8.27. The van der Waals surface area contributed by atoms with Gasteiger partial charge in [-0.3, -0.25) is 0 Å². The summed E-state index contributed by atoms with van der Waals surface area (Å²) in [6, 6.07) is 4.71. The number of hydrogen-bond donors (Lipinski definition) is 2. The number of rotatable bonds is 1. The van der Waals surface area contributed by atoms with Crippen molar-refractivity contribution in [3.8, 4) is 5.75 Å². The van der Waals surface area contributed by atoms with E-state index in [0.717, 1.165) is 0 Å². The van der Waals surface area contributed by atoms with Crippen molar-refractivity contribution in [3.63, 3.8) is 0 Å². The van der Waals surface area contributed by atoms with Crippen molar-refractivity contribution in [2.24, 2.45) is 10.9 Å². The Bertz CT molecular complexity index is 286. The third-order valence-electron chi connectivity index (χ3n) is 1.21. The Morgan fingerprint density at radius 2 is 2.27 bits per heavy atom. The molecule has 0 heterocycles. The van der Waals surface area contributed by atoms with Crippen molar-refractivity contribution in [3.05, 3.63) is 28.8 Å². The summed E-state index contributed by atoms with van der Waals surface area (Å²) in [6.45, 7) is 0. The number of phenols is 1. The van der Waals surface area contributed by atoms with Crippen LogP contribution >= 0.6 is 11.6 Å². The van der Waals surface area contributed by atoms with E-state index in [-0.39, 0.29) is 5.75 Å². The Morgan fingerprint density at radius 1 is 1.55 bits per heavy atom. The van der Waals surface area contributed by atoms with Crippen LogP contribution in [-0.4, -0.2) is 11.3 Å². The molecule has 58 valence electrons. The van der Waals surface area contributed by atoms with Crippen LogP contribution < -0.4 is 5.84 Å². The van der Waals surface area contributed by atoms with Gasteiger partial charge in [0.25, 0.3) is 0 Å². The molecule has 11 heavy (non-hydrogen) atoms. The maximum absolute atomic E-state index is 9.19. The minimum Gasteiger partial charge on any atom is -0.507 e. The molecule has 0 amide bonds. The molecule has 3 nitrogen and oxygen atoms in total. The lowest BCUT2D eigenvalue weighted by atomic mass is 10.2. The quantitative estimate of drug-likeness (QED) is 0.380. The molecule has 0 unspecified atom stereocenters. The molecule has 0 fully saturated rings. The Morgan fingerprint density at radius 3 is 2.82 bits per heavy atom. The zero-order valence-corrected chi connectivity index (χ0v) is 6.42. The number of nitrogens with two attached hydrogens (primary N) is 1. The van der Waals surface area contributed by atoms with Crippen LogP contribution in [0.1, 0.15) is 5.56 Å². The summed E-state index contributed by atoms with van der Waals surface area (Å²) in [5, 5.41) is 12.9. The van der Waals surface area contributed by atoms with Gasteiger partial charge in [-0.25, -0.2) is 0 Å². The number of halogens is 1. The molecule has 0 saturated heterocycles. The third-order valence-corrected chi connectivity index (χ3v) is 1.44. The molecule has 0 bridgehead atoms. The fourth-order valence-electron chi connectivity index (χ4n) is 0.706. The highest BCUT2D eigenvalue weighted by atomic mass is 35.5. The first kappa shape index (κ1) is 7.88. The van der Waals surface area contributed by atoms with Crippen LogP contribution in [0.25, 0.3) is 0 Å². The van der Waals surface area contributed by atoms with Gasteiger partial charge in [0, 0.05) is 10.6 Å². The van der Waals surface area contributed by atoms with Crippen LogP contribution in [0, 0.1) is 0 Å². The predicted molar refractivity (Wildman–Crippen MR) is 44.9 cm³/mol. The van der Waals surface area contributed by atoms with Gasteiger partial charge in [0.1, 0.15) is 5.75 Å². The summed E-state index contributed by atoms with van der Waals surface area (Å²) >= 11 is 5.58.